The van der Waals surface area contributed by atoms with Crippen LogP contribution in [0.4, 0.5) is 0 Å². The summed E-state index contributed by atoms with van der Waals surface area (Å²) in [7, 11) is 0. The zero-order valence-corrected chi connectivity index (χ0v) is 16.7. The second-order valence-corrected chi connectivity index (χ2v) is 6.77. The maximum absolute atomic E-state index is 12.3. The molecule has 0 unspecified atom stereocenters. The second kappa shape index (κ2) is 9.54. The predicted molar refractivity (Wildman–Crippen MR) is 116 cm³/mol. The monoisotopic (exact) mass is 412 g/mol. The number of esters is 1. The van der Waals surface area contributed by atoms with E-state index in [0.717, 1.165) is 16.7 Å². The van der Waals surface area contributed by atoms with Crippen molar-refractivity contribution in [3.63, 3.8) is 0 Å². The Morgan fingerprint density at radius 2 is 1.42 bits per heavy atom. The summed E-state index contributed by atoms with van der Waals surface area (Å²) in [5.74, 6) is -0.0401. The van der Waals surface area contributed by atoms with E-state index in [4.69, 9.17) is 9.15 Å². The third-order valence-electron chi connectivity index (χ3n) is 4.62. The lowest BCUT2D eigenvalue weighted by Crippen LogP contribution is -2.30. The molecule has 1 aromatic heterocycles. The van der Waals surface area contributed by atoms with Gasteiger partial charge in [0, 0.05) is 11.1 Å². The molecule has 0 saturated carbocycles. The smallest absolute Gasteiger partial charge is 0.325 e. The molecule has 0 spiro atoms. The van der Waals surface area contributed by atoms with Crippen LogP contribution in [0.15, 0.2) is 95.5 Å². The summed E-state index contributed by atoms with van der Waals surface area (Å²) < 4.78 is 10.7. The van der Waals surface area contributed by atoms with Gasteiger partial charge in [-0.25, -0.2) is 4.98 Å². The fraction of sp³-hybridized carbons (Fsp3) is 0.0800. The van der Waals surface area contributed by atoms with Crippen molar-refractivity contribution in [3.05, 3.63) is 103 Å². The van der Waals surface area contributed by atoms with E-state index in [-0.39, 0.29) is 24.9 Å². The van der Waals surface area contributed by atoms with Crippen LogP contribution in [0.2, 0.25) is 0 Å². The van der Waals surface area contributed by atoms with Crippen LogP contribution in [0.3, 0.4) is 0 Å². The van der Waals surface area contributed by atoms with E-state index in [2.05, 4.69) is 10.3 Å². The Labute approximate surface area is 179 Å². The fourth-order valence-electron chi connectivity index (χ4n) is 3.01. The van der Waals surface area contributed by atoms with Crippen LogP contribution in [0.25, 0.3) is 22.5 Å². The lowest BCUT2D eigenvalue weighted by molar-refractivity contribution is -0.144. The number of ether oxygens (including phenoxy) is 1. The van der Waals surface area contributed by atoms with E-state index in [1.165, 1.54) is 0 Å². The van der Waals surface area contributed by atoms with Crippen LogP contribution in [-0.4, -0.2) is 23.4 Å². The van der Waals surface area contributed by atoms with Crippen LogP contribution in [0.5, 0.6) is 0 Å². The number of benzene rings is 3. The molecule has 0 bridgehead atoms. The molecule has 3 aromatic carbocycles. The van der Waals surface area contributed by atoms with Crippen molar-refractivity contribution in [1.29, 1.82) is 0 Å². The Balaban J connectivity index is 1.25. The quantitative estimate of drug-likeness (QED) is 0.453. The Morgan fingerprint density at radius 3 is 2.10 bits per heavy atom. The largest absolute Gasteiger partial charge is 0.454 e. The van der Waals surface area contributed by atoms with Gasteiger partial charge in [-0.15, -0.1) is 0 Å². The number of hydrogen-bond acceptors (Lipinski definition) is 5. The summed E-state index contributed by atoms with van der Waals surface area (Å²) in [4.78, 5) is 28.4. The Bertz CT molecular complexity index is 1150. The van der Waals surface area contributed by atoms with E-state index in [1.807, 2.05) is 72.8 Å². The zero-order chi connectivity index (χ0) is 21.5. The van der Waals surface area contributed by atoms with Gasteiger partial charge >= 0.3 is 5.97 Å². The minimum Gasteiger partial charge on any atom is -0.454 e. The maximum Gasteiger partial charge on any atom is 0.325 e. The molecule has 1 amide bonds. The fourth-order valence-corrected chi connectivity index (χ4v) is 3.01. The molecule has 1 heterocycles. The van der Waals surface area contributed by atoms with Gasteiger partial charge in [0.15, 0.2) is 12.4 Å². The van der Waals surface area contributed by atoms with Crippen molar-refractivity contribution in [2.75, 3.05) is 6.54 Å². The van der Waals surface area contributed by atoms with Gasteiger partial charge in [0.2, 0.25) is 5.89 Å². The molecule has 154 valence electrons. The number of amides is 1. The first-order chi connectivity index (χ1) is 15.2. The first-order valence-electron chi connectivity index (χ1n) is 9.78. The molecule has 0 saturated heterocycles. The molecule has 6 nitrogen and oxygen atoms in total. The highest BCUT2D eigenvalue weighted by molar-refractivity contribution is 5.96. The van der Waals surface area contributed by atoms with Crippen molar-refractivity contribution in [2.45, 2.75) is 6.61 Å². The molecule has 6 heteroatoms. The summed E-state index contributed by atoms with van der Waals surface area (Å²) in [5, 5.41) is 2.56. The lowest BCUT2D eigenvalue weighted by atomic mass is 10.0. The summed E-state index contributed by atoms with van der Waals surface area (Å²) >= 11 is 0. The topological polar surface area (TPSA) is 81.4 Å². The van der Waals surface area contributed by atoms with Crippen molar-refractivity contribution >= 4 is 11.9 Å². The van der Waals surface area contributed by atoms with E-state index in [1.54, 1.807) is 18.3 Å². The van der Waals surface area contributed by atoms with Crippen LogP contribution in [0, 0.1) is 0 Å². The molecule has 0 radical (unpaired) electrons. The van der Waals surface area contributed by atoms with Gasteiger partial charge < -0.3 is 14.5 Å². The number of aromatic nitrogens is 1. The van der Waals surface area contributed by atoms with Crippen LogP contribution >= 0.6 is 0 Å². The number of rotatable bonds is 7. The average Bonchev–Trinajstić information content (AvgIpc) is 3.31. The summed E-state index contributed by atoms with van der Waals surface area (Å²) in [6.45, 7) is -0.348. The molecular weight excluding hydrogens is 392 g/mol. The minimum absolute atomic E-state index is 0.104. The Hall–Kier alpha value is -4.19. The van der Waals surface area contributed by atoms with Crippen LogP contribution < -0.4 is 5.32 Å². The average molecular weight is 412 g/mol. The highest BCUT2D eigenvalue weighted by Crippen LogP contribution is 2.20. The van der Waals surface area contributed by atoms with Gasteiger partial charge in [0.05, 0.1) is 6.20 Å². The molecule has 31 heavy (non-hydrogen) atoms. The predicted octanol–water partition coefficient (Wildman–Crippen LogP) is 4.48. The Morgan fingerprint density at radius 1 is 0.806 bits per heavy atom. The summed E-state index contributed by atoms with van der Waals surface area (Å²) in [6.07, 6.45) is 1.58. The van der Waals surface area contributed by atoms with Gasteiger partial charge in [-0.1, -0.05) is 72.8 Å². The number of hydrogen-bond donors (Lipinski definition) is 1. The number of nitrogens with one attached hydrogen (secondary N) is 1. The van der Waals surface area contributed by atoms with Crippen molar-refractivity contribution in [1.82, 2.24) is 10.3 Å². The third kappa shape index (κ3) is 5.25. The maximum atomic E-state index is 12.3. The van der Waals surface area contributed by atoms with E-state index in [9.17, 15) is 9.59 Å². The SMILES string of the molecule is O=C(CNC(=O)c1ccc(-c2ccccc2)cc1)OCc1ncc(-c2ccccc2)o1. The van der Waals surface area contributed by atoms with E-state index < -0.39 is 5.97 Å². The van der Waals surface area contributed by atoms with E-state index in [0.29, 0.717) is 11.3 Å². The van der Waals surface area contributed by atoms with Crippen molar-refractivity contribution in [3.8, 4) is 22.5 Å². The normalized spacial score (nSPS) is 10.5. The molecule has 0 aliphatic heterocycles. The molecule has 0 aliphatic carbocycles. The number of oxazole rings is 1. The summed E-state index contributed by atoms with van der Waals surface area (Å²) in [6, 6.07) is 26.6. The summed E-state index contributed by atoms with van der Waals surface area (Å²) in [5.41, 5.74) is 3.43. The van der Waals surface area contributed by atoms with Crippen molar-refractivity contribution < 1.29 is 18.7 Å². The van der Waals surface area contributed by atoms with E-state index >= 15 is 0 Å². The standard InChI is InChI=1S/C25H20N2O4/c28-24(30-17-23-26-15-22(31-23)20-9-5-2-6-10-20)16-27-25(29)21-13-11-19(12-14-21)18-7-3-1-4-8-18/h1-15H,16-17H2,(H,27,29). The minimum atomic E-state index is -0.575. The highest BCUT2D eigenvalue weighted by atomic mass is 16.5. The number of carbonyl (C=O) groups excluding carboxylic acids is 2. The lowest BCUT2D eigenvalue weighted by Gasteiger charge is -2.06. The van der Waals surface area contributed by atoms with Crippen LogP contribution in [-0.2, 0) is 16.1 Å². The molecule has 0 atom stereocenters. The number of carbonyl (C=O) groups is 2. The second-order valence-electron chi connectivity index (χ2n) is 6.77. The van der Waals surface area contributed by atoms with Crippen molar-refractivity contribution in [2.24, 2.45) is 0 Å². The molecule has 1 N–H and O–H groups in total. The molecule has 0 aliphatic rings. The zero-order valence-electron chi connectivity index (χ0n) is 16.7. The first-order valence-corrected chi connectivity index (χ1v) is 9.78. The van der Waals surface area contributed by atoms with Gasteiger partial charge in [-0.05, 0) is 23.3 Å². The van der Waals surface area contributed by atoms with Gasteiger partial charge in [0.1, 0.15) is 6.54 Å². The van der Waals surface area contributed by atoms with Gasteiger partial charge in [-0.2, -0.15) is 0 Å². The Kier molecular flexibility index (Phi) is 6.18. The molecule has 4 aromatic rings. The molecular formula is C25H20N2O4. The third-order valence-corrected chi connectivity index (χ3v) is 4.62. The van der Waals surface area contributed by atoms with Gasteiger partial charge in [-0.3, -0.25) is 9.59 Å². The molecule has 4 rings (SSSR count). The molecule has 0 fully saturated rings. The first kappa shape index (κ1) is 20.1. The highest BCUT2D eigenvalue weighted by Gasteiger charge is 2.12. The van der Waals surface area contributed by atoms with Gasteiger partial charge in [0.25, 0.3) is 5.91 Å². The number of nitrogens with zero attached hydrogens (tertiary/aromatic N) is 1. The van der Waals surface area contributed by atoms with Crippen LogP contribution in [0.1, 0.15) is 16.2 Å².